The van der Waals surface area contributed by atoms with Crippen molar-refractivity contribution in [1.82, 2.24) is 4.98 Å². The monoisotopic (exact) mass is 457 g/mol. The van der Waals surface area contributed by atoms with Crippen molar-refractivity contribution in [2.24, 2.45) is 0 Å². The highest BCUT2D eigenvalue weighted by Crippen LogP contribution is 2.30. The molecular weight excluding hydrogens is 437 g/mol. The molecule has 0 amide bonds. The van der Waals surface area contributed by atoms with Gasteiger partial charge < -0.3 is 18.9 Å². The van der Waals surface area contributed by atoms with Crippen LogP contribution in [0, 0.1) is 12.7 Å². The maximum absolute atomic E-state index is 13.0. The van der Waals surface area contributed by atoms with Gasteiger partial charge in [-0.2, -0.15) is 0 Å². The minimum Gasteiger partial charge on any atom is -0.493 e. The normalized spacial score (nSPS) is 10.8. The number of rotatable bonds is 8. The van der Waals surface area contributed by atoms with E-state index in [0.717, 1.165) is 11.3 Å². The summed E-state index contributed by atoms with van der Waals surface area (Å²) < 4.78 is 33.9. The fourth-order valence-corrected chi connectivity index (χ4v) is 3.48. The quantitative estimate of drug-likeness (QED) is 0.278. The zero-order valence-corrected chi connectivity index (χ0v) is 18.4. The van der Waals surface area contributed by atoms with Crippen LogP contribution >= 0.6 is 11.3 Å². The van der Waals surface area contributed by atoms with Crippen LogP contribution in [0.5, 0.6) is 17.2 Å². The fourth-order valence-electron chi connectivity index (χ4n) is 2.63. The molecule has 166 valence electrons. The van der Waals surface area contributed by atoms with Crippen molar-refractivity contribution in [1.29, 1.82) is 0 Å². The summed E-state index contributed by atoms with van der Waals surface area (Å²) >= 11 is 1.15. The third-order valence-corrected chi connectivity index (χ3v) is 5.32. The Morgan fingerprint density at radius 2 is 1.84 bits per heavy atom. The molecule has 0 aliphatic heterocycles. The van der Waals surface area contributed by atoms with E-state index in [2.05, 4.69) is 9.72 Å². The first-order valence-corrected chi connectivity index (χ1v) is 10.2. The van der Waals surface area contributed by atoms with Crippen molar-refractivity contribution in [3.63, 3.8) is 0 Å². The number of ether oxygens (including phenoxy) is 4. The number of hydrogen-bond acceptors (Lipinski definition) is 8. The molecule has 0 atom stereocenters. The zero-order valence-electron chi connectivity index (χ0n) is 17.6. The highest BCUT2D eigenvalue weighted by atomic mass is 32.1. The SMILES string of the molecule is COC(=O)/C=C/c1ccc(OC(=O)c2sc(COc3ccc(F)cc3)nc2C)c(OC)c1. The summed E-state index contributed by atoms with van der Waals surface area (Å²) in [5, 5.41) is 0.578. The molecule has 0 aliphatic carbocycles. The Hall–Kier alpha value is -3.72. The molecule has 0 aliphatic rings. The van der Waals surface area contributed by atoms with Gasteiger partial charge in [0.2, 0.25) is 0 Å². The largest absolute Gasteiger partial charge is 0.493 e. The minimum atomic E-state index is -0.579. The summed E-state index contributed by atoms with van der Waals surface area (Å²) in [6, 6.07) is 10.5. The number of aromatic nitrogens is 1. The fraction of sp³-hybridized carbons (Fsp3) is 0.174. The van der Waals surface area contributed by atoms with Gasteiger partial charge in [0.05, 0.1) is 19.9 Å². The van der Waals surface area contributed by atoms with E-state index < -0.39 is 11.9 Å². The molecule has 2 aromatic carbocycles. The molecule has 3 aromatic rings. The lowest BCUT2D eigenvalue weighted by Crippen LogP contribution is -2.09. The number of carbonyl (C=O) groups excluding carboxylic acids is 2. The second-order valence-corrected chi connectivity index (χ2v) is 7.50. The Kier molecular flexibility index (Phi) is 7.56. The Morgan fingerprint density at radius 1 is 1.09 bits per heavy atom. The first-order valence-electron chi connectivity index (χ1n) is 9.40. The summed E-state index contributed by atoms with van der Waals surface area (Å²) in [5.41, 5.74) is 1.18. The standard InChI is InChI=1S/C23H20FNO6S/c1-14-22(32-20(25-14)13-30-17-8-6-16(24)7-9-17)23(27)31-18-10-4-15(12-19(18)28-2)5-11-21(26)29-3/h4-12H,13H2,1-3H3/b11-5+. The zero-order chi connectivity index (χ0) is 23.1. The lowest BCUT2D eigenvalue weighted by molar-refractivity contribution is -0.134. The number of thiazole rings is 1. The predicted molar refractivity (Wildman–Crippen MR) is 117 cm³/mol. The topological polar surface area (TPSA) is 84.0 Å². The number of carbonyl (C=O) groups is 2. The molecule has 0 unspecified atom stereocenters. The second kappa shape index (κ2) is 10.5. The van der Waals surface area contributed by atoms with Crippen molar-refractivity contribution in [2.45, 2.75) is 13.5 Å². The smallest absolute Gasteiger partial charge is 0.355 e. The number of aryl methyl sites for hydroxylation is 1. The molecule has 0 radical (unpaired) electrons. The number of esters is 2. The molecule has 1 aromatic heterocycles. The van der Waals surface area contributed by atoms with Crippen molar-refractivity contribution in [2.75, 3.05) is 14.2 Å². The average Bonchev–Trinajstić information content (AvgIpc) is 3.18. The number of halogens is 1. The molecule has 7 nitrogen and oxygen atoms in total. The minimum absolute atomic E-state index is 0.134. The first kappa shape index (κ1) is 23.0. The van der Waals surface area contributed by atoms with Crippen LogP contribution in [0.2, 0.25) is 0 Å². The van der Waals surface area contributed by atoms with Crippen LogP contribution in [0.1, 0.15) is 25.9 Å². The van der Waals surface area contributed by atoms with Crippen LogP contribution in [-0.2, 0) is 16.1 Å². The van der Waals surface area contributed by atoms with Crippen LogP contribution in [0.4, 0.5) is 4.39 Å². The van der Waals surface area contributed by atoms with Gasteiger partial charge in [0.25, 0.3) is 0 Å². The van der Waals surface area contributed by atoms with E-state index in [1.807, 2.05) is 0 Å². The summed E-state index contributed by atoms with van der Waals surface area (Å²) in [6.07, 6.45) is 2.83. The van der Waals surface area contributed by atoms with Crippen LogP contribution < -0.4 is 14.2 Å². The van der Waals surface area contributed by atoms with Crippen molar-refractivity contribution in [3.05, 3.63) is 75.5 Å². The van der Waals surface area contributed by atoms with Crippen molar-refractivity contribution in [3.8, 4) is 17.2 Å². The number of hydrogen-bond donors (Lipinski definition) is 0. The molecule has 0 saturated heterocycles. The van der Waals surface area contributed by atoms with Gasteiger partial charge in [-0.15, -0.1) is 11.3 Å². The summed E-state index contributed by atoms with van der Waals surface area (Å²) in [4.78, 5) is 28.6. The van der Waals surface area contributed by atoms with E-state index in [4.69, 9.17) is 14.2 Å². The highest BCUT2D eigenvalue weighted by Gasteiger charge is 2.19. The highest BCUT2D eigenvalue weighted by molar-refractivity contribution is 7.13. The van der Waals surface area contributed by atoms with Crippen LogP contribution in [0.25, 0.3) is 6.08 Å². The second-order valence-electron chi connectivity index (χ2n) is 6.42. The molecule has 9 heteroatoms. The van der Waals surface area contributed by atoms with Gasteiger partial charge in [-0.05, 0) is 55.0 Å². The lowest BCUT2D eigenvalue weighted by Gasteiger charge is -2.09. The first-order chi connectivity index (χ1) is 15.4. The molecule has 1 heterocycles. The van der Waals surface area contributed by atoms with Crippen LogP contribution in [-0.4, -0.2) is 31.1 Å². The molecule has 0 saturated carbocycles. The third-order valence-electron chi connectivity index (χ3n) is 4.21. The van der Waals surface area contributed by atoms with Crippen LogP contribution in [0.3, 0.4) is 0 Å². The van der Waals surface area contributed by atoms with Gasteiger partial charge in [-0.25, -0.2) is 19.0 Å². The van der Waals surface area contributed by atoms with E-state index in [1.165, 1.54) is 44.6 Å². The van der Waals surface area contributed by atoms with Gasteiger partial charge in [0.15, 0.2) is 11.5 Å². The van der Waals surface area contributed by atoms with Gasteiger partial charge in [-0.1, -0.05) is 6.07 Å². The lowest BCUT2D eigenvalue weighted by atomic mass is 10.2. The molecule has 32 heavy (non-hydrogen) atoms. The Balaban J connectivity index is 1.69. The number of benzene rings is 2. The van der Waals surface area contributed by atoms with Crippen molar-refractivity contribution < 1.29 is 32.9 Å². The maximum atomic E-state index is 13.0. The van der Waals surface area contributed by atoms with E-state index in [0.29, 0.717) is 32.6 Å². The average molecular weight is 457 g/mol. The van der Waals surface area contributed by atoms with Crippen molar-refractivity contribution >= 4 is 29.4 Å². The van der Waals surface area contributed by atoms with Gasteiger partial charge >= 0.3 is 11.9 Å². The van der Waals surface area contributed by atoms with E-state index in [1.54, 1.807) is 31.2 Å². The van der Waals surface area contributed by atoms with E-state index in [9.17, 15) is 14.0 Å². The van der Waals surface area contributed by atoms with Gasteiger partial charge in [-0.3, -0.25) is 0 Å². The van der Waals surface area contributed by atoms with Crippen LogP contribution in [0.15, 0.2) is 48.5 Å². The van der Waals surface area contributed by atoms with Gasteiger partial charge in [0.1, 0.15) is 28.1 Å². The molecule has 0 bridgehead atoms. The molecule has 0 fully saturated rings. The van der Waals surface area contributed by atoms with Gasteiger partial charge in [0, 0.05) is 6.08 Å². The Morgan fingerprint density at radius 3 is 2.53 bits per heavy atom. The molecule has 0 spiro atoms. The summed E-state index contributed by atoms with van der Waals surface area (Å²) in [5.74, 6) is -0.370. The molecular formula is C23H20FNO6S. The number of nitrogens with zero attached hydrogens (tertiary/aromatic N) is 1. The van der Waals surface area contributed by atoms with E-state index in [-0.39, 0.29) is 18.2 Å². The van der Waals surface area contributed by atoms with E-state index >= 15 is 0 Å². The summed E-state index contributed by atoms with van der Waals surface area (Å²) in [6.45, 7) is 1.83. The Labute approximate surface area is 188 Å². The third kappa shape index (κ3) is 5.92. The predicted octanol–water partition coefficient (Wildman–Crippen LogP) is 4.58. The maximum Gasteiger partial charge on any atom is 0.355 e. The number of methoxy groups -OCH3 is 2. The Bertz CT molecular complexity index is 1140. The summed E-state index contributed by atoms with van der Waals surface area (Å²) in [7, 11) is 2.74. The molecule has 0 N–H and O–H groups in total. The molecule has 3 rings (SSSR count).